The second kappa shape index (κ2) is 6.12. The Hall–Kier alpha value is -3.02. The zero-order valence-corrected chi connectivity index (χ0v) is 13.6. The average Bonchev–Trinajstić information content (AvgIpc) is 3.28. The summed E-state index contributed by atoms with van der Waals surface area (Å²) in [7, 11) is 0. The van der Waals surface area contributed by atoms with Crippen molar-refractivity contribution in [2.45, 2.75) is 25.3 Å². The molecule has 0 spiro atoms. The highest BCUT2D eigenvalue weighted by Gasteiger charge is 2.31. The fourth-order valence-electron chi connectivity index (χ4n) is 3.48. The van der Waals surface area contributed by atoms with E-state index in [1.807, 2.05) is 24.3 Å². The quantitative estimate of drug-likeness (QED) is 0.760. The summed E-state index contributed by atoms with van der Waals surface area (Å²) >= 11 is 0. The van der Waals surface area contributed by atoms with E-state index in [4.69, 9.17) is 9.52 Å². The predicted octanol–water partition coefficient (Wildman–Crippen LogP) is 3.83. The smallest absolute Gasteiger partial charge is 0.371 e. The third-order valence-electron chi connectivity index (χ3n) is 4.70. The van der Waals surface area contributed by atoms with Gasteiger partial charge in [0.1, 0.15) is 0 Å². The minimum absolute atomic E-state index is 0.0629. The molecule has 1 fully saturated rings. The fraction of sp³-hybridized carbons (Fsp3) is 0.263. The fourth-order valence-corrected chi connectivity index (χ4v) is 3.48. The number of carboxylic acids is 1. The van der Waals surface area contributed by atoms with Crippen molar-refractivity contribution in [1.29, 1.82) is 0 Å². The minimum atomic E-state index is -1.18. The molecule has 6 heteroatoms. The molecule has 3 aromatic rings. The number of piperidine rings is 1. The van der Waals surface area contributed by atoms with Crippen LogP contribution >= 0.6 is 0 Å². The van der Waals surface area contributed by atoms with Gasteiger partial charge in [-0.05, 0) is 48.9 Å². The number of amides is 1. The number of carboxylic acid groups (broad SMARTS) is 1. The van der Waals surface area contributed by atoms with Gasteiger partial charge in [-0.2, -0.15) is 0 Å². The van der Waals surface area contributed by atoms with E-state index < -0.39 is 5.97 Å². The van der Waals surface area contributed by atoms with Gasteiger partial charge in [0.25, 0.3) is 5.91 Å². The van der Waals surface area contributed by atoms with E-state index in [1.54, 1.807) is 4.90 Å². The van der Waals surface area contributed by atoms with Gasteiger partial charge in [-0.3, -0.25) is 4.79 Å². The number of aromatic carboxylic acids is 1. The van der Waals surface area contributed by atoms with E-state index in [2.05, 4.69) is 11.1 Å². The zero-order valence-electron chi connectivity index (χ0n) is 13.6. The van der Waals surface area contributed by atoms with Crippen LogP contribution in [0.5, 0.6) is 0 Å². The Morgan fingerprint density at radius 3 is 2.68 bits per heavy atom. The maximum Gasteiger partial charge on any atom is 0.371 e. The van der Waals surface area contributed by atoms with Crippen molar-refractivity contribution < 1.29 is 19.1 Å². The molecular weight excluding hydrogens is 320 g/mol. The van der Waals surface area contributed by atoms with E-state index in [9.17, 15) is 9.59 Å². The third-order valence-corrected chi connectivity index (χ3v) is 4.70. The second-order valence-electron chi connectivity index (χ2n) is 6.29. The van der Waals surface area contributed by atoms with Gasteiger partial charge in [-0.15, -0.1) is 0 Å². The van der Waals surface area contributed by atoms with Gasteiger partial charge in [-0.25, -0.2) is 4.79 Å². The normalized spacial score (nSPS) is 17.8. The average molecular weight is 338 g/mol. The Morgan fingerprint density at radius 1 is 1.12 bits per heavy atom. The molecule has 2 aromatic heterocycles. The molecule has 0 saturated carbocycles. The first kappa shape index (κ1) is 15.5. The summed E-state index contributed by atoms with van der Waals surface area (Å²) in [6.07, 6.45) is 2.84. The molecule has 1 aromatic carbocycles. The first-order valence-electron chi connectivity index (χ1n) is 8.35. The predicted molar refractivity (Wildman–Crippen MR) is 91.6 cm³/mol. The van der Waals surface area contributed by atoms with E-state index in [0.29, 0.717) is 6.54 Å². The lowest BCUT2D eigenvalue weighted by molar-refractivity contribution is 0.0564. The summed E-state index contributed by atoms with van der Waals surface area (Å²) in [6.45, 7) is 0.627. The summed E-state index contributed by atoms with van der Waals surface area (Å²) in [5, 5.41) is 10.1. The van der Waals surface area contributed by atoms with Crippen LogP contribution in [0.1, 0.15) is 52.1 Å². The van der Waals surface area contributed by atoms with Gasteiger partial charge >= 0.3 is 5.97 Å². The van der Waals surface area contributed by atoms with Gasteiger partial charge in [0, 0.05) is 17.8 Å². The molecular formula is C19H18N2O4. The maximum absolute atomic E-state index is 12.9. The number of carbonyl (C=O) groups excluding carboxylic acids is 1. The number of nitrogens with zero attached hydrogens (tertiary/aromatic N) is 1. The zero-order chi connectivity index (χ0) is 17.4. The van der Waals surface area contributed by atoms with Gasteiger partial charge in [-0.1, -0.05) is 18.2 Å². The molecule has 1 saturated heterocycles. The standard InChI is InChI=1S/C19H18N2O4/c22-18(16-8-9-17(25-16)19(23)24)21-10-4-3-7-15(21)14-11-12-5-1-2-6-13(12)20-14/h1-2,5-6,8-9,11,15,20H,3-4,7,10H2,(H,23,24)/t15-/m1/s1. The van der Waals surface area contributed by atoms with Crippen molar-refractivity contribution in [2.24, 2.45) is 0 Å². The van der Waals surface area contributed by atoms with E-state index in [1.165, 1.54) is 12.1 Å². The van der Waals surface area contributed by atoms with Gasteiger partial charge < -0.3 is 19.4 Å². The summed E-state index contributed by atoms with van der Waals surface area (Å²) < 4.78 is 5.20. The second-order valence-corrected chi connectivity index (χ2v) is 6.29. The Morgan fingerprint density at radius 2 is 1.92 bits per heavy atom. The Bertz CT molecular complexity index is 907. The van der Waals surface area contributed by atoms with Crippen LogP contribution in [0.2, 0.25) is 0 Å². The summed E-state index contributed by atoms with van der Waals surface area (Å²) in [6, 6.07) is 12.8. The van der Waals surface area contributed by atoms with Crippen LogP contribution in [0.15, 0.2) is 46.9 Å². The van der Waals surface area contributed by atoms with Crippen molar-refractivity contribution >= 4 is 22.8 Å². The number of hydrogen-bond acceptors (Lipinski definition) is 3. The number of fused-ring (bicyclic) bond motifs is 1. The van der Waals surface area contributed by atoms with Crippen LogP contribution in [-0.2, 0) is 0 Å². The SMILES string of the molecule is O=C(O)c1ccc(C(=O)N2CCCC[C@@H]2c2cc3ccccc3[nH]2)o1. The Labute approximate surface area is 144 Å². The number of benzene rings is 1. The first-order valence-corrected chi connectivity index (χ1v) is 8.35. The van der Waals surface area contributed by atoms with Crippen LogP contribution in [0.4, 0.5) is 0 Å². The summed E-state index contributed by atoms with van der Waals surface area (Å²) in [5.74, 6) is -1.59. The lowest BCUT2D eigenvalue weighted by Crippen LogP contribution is -2.38. The Kier molecular flexibility index (Phi) is 3.80. The molecule has 2 N–H and O–H groups in total. The van der Waals surface area contributed by atoms with Gasteiger partial charge in [0.05, 0.1) is 6.04 Å². The molecule has 1 aliphatic heterocycles. The summed E-state index contributed by atoms with van der Waals surface area (Å²) in [5.41, 5.74) is 2.04. The number of nitrogens with one attached hydrogen (secondary N) is 1. The maximum atomic E-state index is 12.9. The van der Waals surface area contributed by atoms with E-state index >= 15 is 0 Å². The van der Waals surface area contributed by atoms with Crippen molar-refractivity contribution in [1.82, 2.24) is 9.88 Å². The number of H-pyrrole nitrogens is 1. The van der Waals surface area contributed by atoms with Crippen molar-refractivity contribution in [2.75, 3.05) is 6.54 Å². The van der Waals surface area contributed by atoms with Crippen molar-refractivity contribution in [3.63, 3.8) is 0 Å². The van der Waals surface area contributed by atoms with E-state index in [-0.39, 0.29) is 23.5 Å². The number of para-hydroxylation sites is 1. The number of aromatic nitrogens is 1. The third kappa shape index (κ3) is 2.80. The van der Waals surface area contributed by atoms with Gasteiger partial charge in [0.15, 0.2) is 5.76 Å². The molecule has 0 radical (unpaired) electrons. The highest BCUT2D eigenvalue weighted by Crippen LogP contribution is 2.33. The van der Waals surface area contributed by atoms with Gasteiger partial charge in [0.2, 0.25) is 5.76 Å². The number of rotatable bonds is 3. The highest BCUT2D eigenvalue weighted by atomic mass is 16.4. The summed E-state index contributed by atoms with van der Waals surface area (Å²) in [4.78, 5) is 29.0. The molecule has 0 unspecified atom stereocenters. The molecule has 4 rings (SSSR count). The largest absolute Gasteiger partial charge is 0.475 e. The van der Waals surface area contributed by atoms with Crippen LogP contribution in [0, 0.1) is 0 Å². The molecule has 1 aliphatic rings. The van der Waals surface area contributed by atoms with E-state index in [0.717, 1.165) is 35.9 Å². The monoisotopic (exact) mass is 338 g/mol. The topological polar surface area (TPSA) is 86.5 Å². The molecule has 128 valence electrons. The minimum Gasteiger partial charge on any atom is -0.475 e. The van der Waals surface area contributed by atoms with Crippen molar-refractivity contribution in [3.8, 4) is 0 Å². The lowest BCUT2D eigenvalue weighted by Gasteiger charge is -2.34. The molecule has 0 bridgehead atoms. The molecule has 25 heavy (non-hydrogen) atoms. The molecule has 1 amide bonds. The van der Waals surface area contributed by atoms with Crippen LogP contribution in [-0.4, -0.2) is 33.4 Å². The Balaban J connectivity index is 1.66. The number of hydrogen-bond donors (Lipinski definition) is 2. The first-order chi connectivity index (χ1) is 12.1. The van der Waals surface area contributed by atoms with Crippen molar-refractivity contribution in [3.05, 3.63) is 59.7 Å². The van der Waals surface area contributed by atoms with Crippen LogP contribution < -0.4 is 0 Å². The molecule has 6 nitrogen and oxygen atoms in total. The molecule has 3 heterocycles. The van der Waals surface area contributed by atoms with Crippen LogP contribution in [0.3, 0.4) is 0 Å². The lowest BCUT2D eigenvalue weighted by atomic mass is 9.99. The number of likely N-dealkylation sites (tertiary alicyclic amines) is 1. The van der Waals surface area contributed by atoms with Crippen LogP contribution in [0.25, 0.3) is 10.9 Å². The number of carbonyl (C=O) groups is 2. The number of aromatic amines is 1. The highest BCUT2D eigenvalue weighted by molar-refractivity contribution is 5.94. The number of furan rings is 1. The molecule has 1 atom stereocenters. The molecule has 0 aliphatic carbocycles.